The highest BCUT2D eigenvalue weighted by Crippen LogP contribution is 2.26. The summed E-state index contributed by atoms with van der Waals surface area (Å²) in [7, 11) is 0. The molecule has 2 aromatic carbocycles. The van der Waals surface area contributed by atoms with Gasteiger partial charge in [0, 0.05) is 5.56 Å². The number of ether oxygens (including phenoxy) is 1. The molecular weight excluding hydrogens is 376 g/mol. The second-order valence-corrected chi connectivity index (χ2v) is 7.81. The van der Waals surface area contributed by atoms with Crippen molar-refractivity contribution in [3.63, 3.8) is 0 Å². The summed E-state index contributed by atoms with van der Waals surface area (Å²) in [5.41, 5.74) is 1.70. The molecule has 0 amide bonds. The van der Waals surface area contributed by atoms with Crippen molar-refractivity contribution in [2.75, 3.05) is 6.61 Å². The molecule has 2 aromatic rings. The minimum absolute atomic E-state index is 0.0498. The Morgan fingerprint density at radius 1 is 0.900 bits per heavy atom. The van der Waals surface area contributed by atoms with Crippen LogP contribution in [0.15, 0.2) is 42.5 Å². The van der Waals surface area contributed by atoms with Gasteiger partial charge in [0.25, 0.3) is 0 Å². The molecule has 2 rings (SSSR count). The van der Waals surface area contributed by atoms with Gasteiger partial charge in [-0.15, -0.1) is 0 Å². The maximum atomic E-state index is 13.1. The van der Waals surface area contributed by atoms with Crippen molar-refractivity contribution < 1.29 is 19.4 Å². The number of carbonyl (C=O) groups excluding carboxylic acids is 2. The minimum atomic E-state index is -0.500. The van der Waals surface area contributed by atoms with Crippen LogP contribution in [0.1, 0.15) is 91.1 Å². The van der Waals surface area contributed by atoms with Gasteiger partial charge in [-0.2, -0.15) is 0 Å². The summed E-state index contributed by atoms with van der Waals surface area (Å²) in [6.45, 7) is 6.79. The first-order valence-electron chi connectivity index (χ1n) is 11.1. The van der Waals surface area contributed by atoms with E-state index in [2.05, 4.69) is 20.8 Å². The molecule has 0 unspecified atom stereocenters. The fourth-order valence-electron chi connectivity index (χ4n) is 3.58. The van der Waals surface area contributed by atoms with Crippen LogP contribution in [-0.4, -0.2) is 23.5 Å². The first kappa shape index (κ1) is 23.7. The van der Waals surface area contributed by atoms with E-state index in [1.165, 1.54) is 0 Å². The fourth-order valence-corrected chi connectivity index (χ4v) is 3.58. The molecule has 0 fully saturated rings. The van der Waals surface area contributed by atoms with Crippen molar-refractivity contribution in [3.05, 3.63) is 64.7 Å². The molecule has 0 saturated heterocycles. The molecule has 0 heterocycles. The van der Waals surface area contributed by atoms with E-state index in [0.717, 1.165) is 50.5 Å². The number of phenols is 1. The minimum Gasteiger partial charge on any atom is -0.507 e. The highest BCUT2D eigenvalue weighted by molar-refractivity contribution is 6.15. The molecular formula is C26H34O4. The van der Waals surface area contributed by atoms with E-state index in [1.807, 2.05) is 6.07 Å². The molecule has 30 heavy (non-hydrogen) atoms. The molecule has 0 atom stereocenters. The van der Waals surface area contributed by atoms with Crippen LogP contribution in [0.2, 0.25) is 0 Å². The largest absolute Gasteiger partial charge is 0.507 e. The van der Waals surface area contributed by atoms with E-state index in [4.69, 9.17) is 4.74 Å². The van der Waals surface area contributed by atoms with Crippen molar-refractivity contribution in [1.29, 1.82) is 0 Å². The maximum Gasteiger partial charge on any atom is 0.338 e. The molecule has 0 bridgehead atoms. The average molecular weight is 411 g/mol. The van der Waals surface area contributed by atoms with Crippen LogP contribution in [0, 0.1) is 5.92 Å². The van der Waals surface area contributed by atoms with Crippen LogP contribution < -0.4 is 0 Å². The maximum absolute atomic E-state index is 13.1. The molecule has 0 aliphatic heterocycles. The van der Waals surface area contributed by atoms with Crippen LogP contribution in [-0.2, 0) is 11.2 Å². The number of esters is 1. The van der Waals surface area contributed by atoms with E-state index < -0.39 is 5.97 Å². The third kappa shape index (κ3) is 6.45. The highest BCUT2D eigenvalue weighted by atomic mass is 16.5. The number of unbranched alkanes of at least 4 members (excludes halogenated alkanes) is 3. The zero-order valence-corrected chi connectivity index (χ0v) is 18.4. The number of benzene rings is 2. The molecule has 0 aliphatic carbocycles. The molecule has 4 heteroatoms. The third-order valence-corrected chi connectivity index (χ3v) is 5.61. The number of phenolic OH excluding ortho intramolecular Hbond substituents is 1. The lowest BCUT2D eigenvalue weighted by molar-refractivity contribution is 0.0495. The van der Waals surface area contributed by atoms with E-state index in [9.17, 15) is 14.7 Å². The summed E-state index contributed by atoms with van der Waals surface area (Å²) in [4.78, 5) is 25.6. The monoisotopic (exact) mass is 410 g/mol. The topological polar surface area (TPSA) is 63.6 Å². The van der Waals surface area contributed by atoms with E-state index in [0.29, 0.717) is 12.5 Å². The summed E-state index contributed by atoms with van der Waals surface area (Å²) in [6, 6.07) is 11.8. The van der Waals surface area contributed by atoms with E-state index in [-0.39, 0.29) is 28.2 Å². The van der Waals surface area contributed by atoms with Gasteiger partial charge in [0.05, 0.1) is 17.7 Å². The van der Waals surface area contributed by atoms with E-state index >= 15 is 0 Å². The van der Waals surface area contributed by atoms with Crippen LogP contribution in [0.4, 0.5) is 0 Å². The van der Waals surface area contributed by atoms with Gasteiger partial charge in [-0.05, 0) is 42.5 Å². The lowest BCUT2D eigenvalue weighted by Crippen LogP contribution is -2.13. The van der Waals surface area contributed by atoms with Gasteiger partial charge in [-0.3, -0.25) is 4.79 Å². The number of hydrogen-bond acceptors (Lipinski definition) is 4. The SMILES string of the molecule is CCCCCCOC(=O)c1ccccc1C(=O)c1ccc(CC(CC)CC)cc1O. The van der Waals surface area contributed by atoms with Crippen LogP contribution in [0.25, 0.3) is 0 Å². The van der Waals surface area contributed by atoms with Gasteiger partial charge in [0.15, 0.2) is 5.78 Å². The predicted octanol–water partition coefficient (Wildman–Crippen LogP) is 6.34. The number of hydrogen-bond donors (Lipinski definition) is 1. The Hall–Kier alpha value is -2.62. The second-order valence-electron chi connectivity index (χ2n) is 7.81. The summed E-state index contributed by atoms with van der Waals surface area (Å²) >= 11 is 0. The van der Waals surface area contributed by atoms with Crippen molar-refractivity contribution >= 4 is 11.8 Å². The molecule has 1 N–H and O–H groups in total. The van der Waals surface area contributed by atoms with Crippen molar-refractivity contribution in [2.45, 2.75) is 65.7 Å². The first-order chi connectivity index (χ1) is 14.5. The zero-order valence-electron chi connectivity index (χ0n) is 18.4. The molecule has 0 aromatic heterocycles. The Morgan fingerprint density at radius 2 is 1.60 bits per heavy atom. The van der Waals surface area contributed by atoms with Gasteiger partial charge in [0.1, 0.15) is 5.75 Å². The fraction of sp³-hybridized carbons (Fsp3) is 0.462. The average Bonchev–Trinajstić information content (AvgIpc) is 2.76. The number of ketones is 1. The summed E-state index contributed by atoms with van der Waals surface area (Å²) < 4.78 is 5.37. The van der Waals surface area contributed by atoms with Crippen molar-refractivity contribution in [2.24, 2.45) is 5.92 Å². The van der Waals surface area contributed by atoms with Gasteiger partial charge in [0.2, 0.25) is 0 Å². The van der Waals surface area contributed by atoms with Crippen LogP contribution >= 0.6 is 0 Å². The Balaban J connectivity index is 2.16. The molecule has 0 radical (unpaired) electrons. The molecule has 0 aliphatic rings. The summed E-state index contributed by atoms with van der Waals surface area (Å²) in [5.74, 6) is -0.370. The molecule has 162 valence electrons. The highest BCUT2D eigenvalue weighted by Gasteiger charge is 2.21. The smallest absolute Gasteiger partial charge is 0.338 e. The first-order valence-corrected chi connectivity index (χ1v) is 11.1. The van der Waals surface area contributed by atoms with Gasteiger partial charge in [-0.1, -0.05) is 77.1 Å². The van der Waals surface area contributed by atoms with Gasteiger partial charge >= 0.3 is 5.97 Å². The molecule has 0 saturated carbocycles. The van der Waals surface area contributed by atoms with Crippen LogP contribution in [0.3, 0.4) is 0 Å². The van der Waals surface area contributed by atoms with Gasteiger partial charge < -0.3 is 9.84 Å². The predicted molar refractivity (Wildman–Crippen MR) is 120 cm³/mol. The standard InChI is InChI=1S/C26H34O4/c1-4-7-8-11-16-30-26(29)22-13-10-9-12-21(22)25(28)23-15-14-20(18-24(23)27)17-19(5-2)6-3/h9-10,12-15,18-19,27H,4-8,11,16-17H2,1-3H3. The quantitative estimate of drug-likeness (QED) is 0.252. The Labute approximate surface area is 180 Å². The third-order valence-electron chi connectivity index (χ3n) is 5.61. The normalized spacial score (nSPS) is 10.9. The zero-order chi connectivity index (χ0) is 21.9. The number of rotatable bonds is 12. The van der Waals surface area contributed by atoms with Crippen molar-refractivity contribution in [3.8, 4) is 5.75 Å². The Morgan fingerprint density at radius 3 is 2.23 bits per heavy atom. The lowest BCUT2D eigenvalue weighted by atomic mass is 9.92. The van der Waals surface area contributed by atoms with E-state index in [1.54, 1.807) is 36.4 Å². The molecule has 0 spiro atoms. The van der Waals surface area contributed by atoms with Crippen LogP contribution in [0.5, 0.6) is 5.75 Å². The van der Waals surface area contributed by atoms with Crippen molar-refractivity contribution in [1.82, 2.24) is 0 Å². The van der Waals surface area contributed by atoms with Gasteiger partial charge in [-0.25, -0.2) is 4.79 Å². The number of aromatic hydroxyl groups is 1. The lowest BCUT2D eigenvalue weighted by Gasteiger charge is -2.14. The second kappa shape index (κ2) is 12.2. The summed E-state index contributed by atoms with van der Waals surface area (Å²) in [6.07, 6.45) is 7.08. The molecule has 4 nitrogen and oxygen atoms in total. The summed E-state index contributed by atoms with van der Waals surface area (Å²) in [5, 5.41) is 10.5. The number of carbonyl (C=O) groups is 2. The Kier molecular flexibility index (Phi) is 9.59. The Bertz CT molecular complexity index is 837.